The molecule has 0 bridgehead atoms. The van der Waals surface area contributed by atoms with Gasteiger partial charge in [0.1, 0.15) is 10.1 Å². The van der Waals surface area contributed by atoms with Crippen molar-refractivity contribution in [2.45, 2.75) is 23.4 Å². The topological polar surface area (TPSA) is 50.7 Å². The van der Waals surface area contributed by atoms with E-state index in [0.29, 0.717) is 5.95 Å². The summed E-state index contributed by atoms with van der Waals surface area (Å²) in [5.74, 6) is 0.643. The van der Waals surface area contributed by atoms with Crippen molar-refractivity contribution in [1.29, 1.82) is 0 Å². The molecule has 7 heteroatoms. The van der Waals surface area contributed by atoms with Crippen LogP contribution in [0.2, 0.25) is 0 Å². The van der Waals surface area contributed by atoms with Gasteiger partial charge in [-0.25, -0.2) is 15.0 Å². The summed E-state index contributed by atoms with van der Waals surface area (Å²) in [6, 6.07) is 3.91. The van der Waals surface area contributed by atoms with Crippen LogP contribution in [0.5, 0.6) is 0 Å². The molecule has 0 aliphatic rings. The van der Waals surface area contributed by atoms with E-state index in [2.05, 4.69) is 59.1 Å². The van der Waals surface area contributed by atoms with Crippen molar-refractivity contribution in [3.63, 3.8) is 0 Å². The largest absolute Gasteiger partial charge is 0.354 e. The number of nitrogens with one attached hydrogen (secondary N) is 1. The standard InChI is InChI=1S/C12H12Br2N4S/c1-2-5-15-12-17-7-9(14)11(18-12)19-10-4-3-8(13)6-16-10/h3-4,6-7H,2,5H2,1H3,(H,15,17,18). The molecule has 0 atom stereocenters. The fraction of sp³-hybridized carbons (Fsp3) is 0.250. The molecule has 0 aliphatic carbocycles. The summed E-state index contributed by atoms with van der Waals surface area (Å²) in [5.41, 5.74) is 0. The van der Waals surface area contributed by atoms with E-state index in [4.69, 9.17) is 0 Å². The van der Waals surface area contributed by atoms with Crippen molar-refractivity contribution in [3.8, 4) is 0 Å². The van der Waals surface area contributed by atoms with E-state index >= 15 is 0 Å². The van der Waals surface area contributed by atoms with Crippen LogP contribution in [0.1, 0.15) is 13.3 Å². The molecule has 100 valence electrons. The van der Waals surface area contributed by atoms with Crippen molar-refractivity contribution >= 4 is 49.6 Å². The Hall–Kier alpha value is -0.660. The summed E-state index contributed by atoms with van der Waals surface area (Å²) in [7, 11) is 0. The molecule has 19 heavy (non-hydrogen) atoms. The molecule has 2 aromatic heterocycles. The summed E-state index contributed by atoms with van der Waals surface area (Å²) in [6.45, 7) is 2.97. The lowest BCUT2D eigenvalue weighted by atomic mass is 10.5. The normalized spacial score (nSPS) is 10.5. The highest BCUT2D eigenvalue weighted by Gasteiger charge is 2.07. The van der Waals surface area contributed by atoms with Crippen LogP contribution in [0.25, 0.3) is 0 Å². The van der Waals surface area contributed by atoms with E-state index < -0.39 is 0 Å². The molecular formula is C12H12Br2N4S. The molecule has 2 rings (SSSR count). The third kappa shape index (κ3) is 4.43. The number of aromatic nitrogens is 3. The molecule has 0 saturated carbocycles. The van der Waals surface area contributed by atoms with Crippen molar-refractivity contribution < 1.29 is 0 Å². The highest BCUT2D eigenvalue weighted by Crippen LogP contribution is 2.31. The van der Waals surface area contributed by atoms with Gasteiger partial charge in [0, 0.05) is 23.4 Å². The molecule has 0 saturated heterocycles. The molecule has 0 radical (unpaired) electrons. The molecule has 0 unspecified atom stereocenters. The Balaban J connectivity index is 2.16. The van der Waals surface area contributed by atoms with Crippen molar-refractivity contribution in [3.05, 3.63) is 33.5 Å². The SMILES string of the molecule is CCCNc1ncc(Br)c(Sc2ccc(Br)cn2)n1. The zero-order chi connectivity index (χ0) is 13.7. The van der Waals surface area contributed by atoms with Crippen LogP contribution in [0.3, 0.4) is 0 Å². The molecular weight excluding hydrogens is 392 g/mol. The first-order chi connectivity index (χ1) is 9.19. The lowest BCUT2D eigenvalue weighted by Crippen LogP contribution is -2.04. The van der Waals surface area contributed by atoms with Gasteiger partial charge in [0.05, 0.1) is 4.47 Å². The van der Waals surface area contributed by atoms with Crippen LogP contribution >= 0.6 is 43.6 Å². The number of pyridine rings is 1. The fourth-order valence-corrected chi connectivity index (χ4v) is 2.66. The van der Waals surface area contributed by atoms with E-state index in [1.165, 1.54) is 11.8 Å². The maximum atomic E-state index is 4.47. The second-order valence-corrected chi connectivity index (χ2v) is 6.47. The molecule has 0 spiro atoms. The average Bonchev–Trinajstić information content (AvgIpc) is 2.42. The Bertz CT molecular complexity index is 548. The maximum Gasteiger partial charge on any atom is 0.223 e. The van der Waals surface area contributed by atoms with Gasteiger partial charge in [-0.15, -0.1) is 0 Å². The average molecular weight is 404 g/mol. The van der Waals surface area contributed by atoms with Crippen molar-refractivity contribution in [2.24, 2.45) is 0 Å². The molecule has 4 nitrogen and oxygen atoms in total. The van der Waals surface area contributed by atoms with Crippen molar-refractivity contribution in [1.82, 2.24) is 15.0 Å². The molecule has 0 aliphatic heterocycles. The number of rotatable bonds is 5. The minimum atomic E-state index is 0.643. The second kappa shape index (κ2) is 7.21. The molecule has 1 N–H and O–H groups in total. The number of anilines is 1. The highest BCUT2D eigenvalue weighted by molar-refractivity contribution is 9.10. The fourth-order valence-electron chi connectivity index (χ4n) is 1.27. The van der Waals surface area contributed by atoms with E-state index in [1.807, 2.05) is 12.1 Å². The lowest BCUT2D eigenvalue weighted by Gasteiger charge is -2.06. The van der Waals surface area contributed by atoms with Gasteiger partial charge < -0.3 is 5.32 Å². The van der Waals surface area contributed by atoms with E-state index in [9.17, 15) is 0 Å². The number of nitrogens with zero attached hydrogens (tertiary/aromatic N) is 3. The smallest absolute Gasteiger partial charge is 0.223 e. The van der Waals surface area contributed by atoms with Gasteiger partial charge in [-0.1, -0.05) is 6.92 Å². The Kier molecular flexibility index (Phi) is 5.59. The first-order valence-electron chi connectivity index (χ1n) is 5.75. The zero-order valence-corrected chi connectivity index (χ0v) is 14.2. The van der Waals surface area contributed by atoms with E-state index in [1.54, 1.807) is 12.4 Å². The van der Waals surface area contributed by atoms with Crippen LogP contribution in [0.15, 0.2) is 43.5 Å². The van der Waals surface area contributed by atoms with Gasteiger partial charge >= 0.3 is 0 Å². The minimum Gasteiger partial charge on any atom is -0.354 e. The first-order valence-corrected chi connectivity index (χ1v) is 8.15. The summed E-state index contributed by atoms with van der Waals surface area (Å²) in [4.78, 5) is 13.0. The molecule has 2 aromatic rings. The second-order valence-electron chi connectivity index (χ2n) is 3.69. The van der Waals surface area contributed by atoms with Crippen LogP contribution in [0.4, 0.5) is 5.95 Å². The molecule has 0 fully saturated rings. The highest BCUT2D eigenvalue weighted by atomic mass is 79.9. The predicted molar refractivity (Wildman–Crippen MR) is 84.6 cm³/mol. The van der Waals surface area contributed by atoms with Crippen LogP contribution in [-0.2, 0) is 0 Å². The molecule has 0 aromatic carbocycles. The van der Waals surface area contributed by atoms with Gasteiger partial charge in [-0.05, 0) is 62.2 Å². The Labute approximate surface area is 133 Å². The number of halogens is 2. The Morgan fingerprint density at radius 3 is 2.74 bits per heavy atom. The van der Waals surface area contributed by atoms with E-state index in [-0.39, 0.29) is 0 Å². The van der Waals surface area contributed by atoms with Gasteiger partial charge in [0.2, 0.25) is 5.95 Å². The third-order valence-electron chi connectivity index (χ3n) is 2.15. The van der Waals surface area contributed by atoms with Gasteiger partial charge in [0.15, 0.2) is 0 Å². The van der Waals surface area contributed by atoms with Crippen molar-refractivity contribution in [2.75, 3.05) is 11.9 Å². The number of hydrogen-bond donors (Lipinski definition) is 1. The lowest BCUT2D eigenvalue weighted by molar-refractivity contribution is 0.929. The van der Waals surface area contributed by atoms with Gasteiger partial charge in [-0.2, -0.15) is 0 Å². The van der Waals surface area contributed by atoms with Gasteiger partial charge in [-0.3, -0.25) is 0 Å². The van der Waals surface area contributed by atoms with Gasteiger partial charge in [0.25, 0.3) is 0 Å². The monoisotopic (exact) mass is 402 g/mol. The molecule has 0 amide bonds. The predicted octanol–water partition coefficient (Wildman–Crippen LogP) is 4.37. The first kappa shape index (κ1) is 14.7. The summed E-state index contributed by atoms with van der Waals surface area (Å²) < 4.78 is 1.83. The summed E-state index contributed by atoms with van der Waals surface area (Å²) >= 11 is 8.33. The number of hydrogen-bond acceptors (Lipinski definition) is 5. The Morgan fingerprint density at radius 2 is 2.05 bits per heavy atom. The minimum absolute atomic E-state index is 0.643. The summed E-state index contributed by atoms with van der Waals surface area (Å²) in [6.07, 6.45) is 4.57. The quantitative estimate of drug-likeness (QED) is 0.751. The zero-order valence-electron chi connectivity index (χ0n) is 10.2. The van der Waals surface area contributed by atoms with E-state index in [0.717, 1.165) is 32.0 Å². The van der Waals surface area contributed by atoms with Crippen LogP contribution < -0.4 is 5.32 Å². The summed E-state index contributed by atoms with van der Waals surface area (Å²) in [5, 5.41) is 4.92. The Morgan fingerprint density at radius 1 is 1.21 bits per heavy atom. The van der Waals surface area contributed by atoms with Crippen LogP contribution in [0, 0.1) is 0 Å². The third-order valence-corrected chi connectivity index (χ3v) is 4.41. The molecule has 2 heterocycles. The maximum absolute atomic E-state index is 4.47. The van der Waals surface area contributed by atoms with Crippen LogP contribution in [-0.4, -0.2) is 21.5 Å².